The summed E-state index contributed by atoms with van der Waals surface area (Å²) in [6, 6.07) is 9.79. The molecule has 0 aliphatic carbocycles. The number of piperazine rings is 1. The summed E-state index contributed by atoms with van der Waals surface area (Å²) < 4.78 is 2.05. The summed E-state index contributed by atoms with van der Waals surface area (Å²) in [7, 11) is 2.16. The van der Waals surface area contributed by atoms with Crippen LogP contribution in [0.25, 0.3) is 5.69 Å². The first kappa shape index (κ1) is 18.5. The van der Waals surface area contributed by atoms with Crippen molar-refractivity contribution in [1.82, 2.24) is 19.7 Å². The molecule has 0 unspecified atom stereocenters. The summed E-state index contributed by atoms with van der Waals surface area (Å²) in [6.45, 7) is 8.25. The fraction of sp³-hybridized carbons (Fsp3) is 0.450. The summed E-state index contributed by atoms with van der Waals surface area (Å²) >= 11 is 0. The van der Waals surface area contributed by atoms with Gasteiger partial charge in [0.05, 0.1) is 0 Å². The summed E-state index contributed by atoms with van der Waals surface area (Å²) in [4.78, 5) is 17.0. The van der Waals surface area contributed by atoms with Gasteiger partial charge in [0.1, 0.15) is 0 Å². The molecule has 6 heteroatoms. The minimum absolute atomic E-state index is 0.142. The van der Waals surface area contributed by atoms with Gasteiger partial charge in [0, 0.05) is 56.5 Å². The standard InChI is InChI=1S/C20H29N5O/c1-17-18(7-5-8-19(17)25-11-3-4-12-25)22-20(26)21-9-6-10-24-15-13-23(2)14-16-24/h3-5,7-8,11-12H,6,9-10,13-16H2,1-2H3,(H2,21,22,26). The first-order chi connectivity index (χ1) is 12.6. The molecule has 140 valence electrons. The molecular weight excluding hydrogens is 326 g/mol. The lowest BCUT2D eigenvalue weighted by atomic mass is 10.1. The van der Waals surface area contributed by atoms with Gasteiger partial charge in [-0.25, -0.2) is 4.79 Å². The highest BCUT2D eigenvalue weighted by Gasteiger charge is 2.13. The van der Waals surface area contributed by atoms with Crippen LogP contribution in [0.3, 0.4) is 0 Å². The first-order valence-electron chi connectivity index (χ1n) is 9.32. The minimum Gasteiger partial charge on any atom is -0.338 e. The Labute approximate surface area is 155 Å². The molecule has 1 aliphatic rings. The fourth-order valence-electron chi connectivity index (χ4n) is 3.28. The maximum absolute atomic E-state index is 12.2. The van der Waals surface area contributed by atoms with Gasteiger partial charge in [-0.1, -0.05) is 6.07 Å². The number of amides is 2. The fourth-order valence-corrected chi connectivity index (χ4v) is 3.28. The van der Waals surface area contributed by atoms with Crippen molar-refractivity contribution in [2.75, 3.05) is 51.6 Å². The lowest BCUT2D eigenvalue weighted by Crippen LogP contribution is -2.45. The van der Waals surface area contributed by atoms with Crippen molar-refractivity contribution in [2.45, 2.75) is 13.3 Å². The first-order valence-corrected chi connectivity index (χ1v) is 9.32. The molecule has 6 nitrogen and oxygen atoms in total. The third kappa shape index (κ3) is 4.86. The van der Waals surface area contributed by atoms with Crippen LogP contribution in [-0.2, 0) is 0 Å². The van der Waals surface area contributed by atoms with Crippen molar-refractivity contribution in [3.63, 3.8) is 0 Å². The number of urea groups is 1. The SMILES string of the molecule is Cc1c(NC(=O)NCCCN2CCN(C)CC2)cccc1-n1cccc1. The molecule has 26 heavy (non-hydrogen) atoms. The third-order valence-corrected chi connectivity index (χ3v) is 4.97. The van der Waals surface area contributed by atoms with Gasteiger partial charge < -0.3 is 25.0 Å². The second kappa shape index (κ2) is 8.87. The Bertz CT molecular complexity index is 705. The predicted octanol–water partition coefficient (Wildman–Crippen LogP) is 2.54. The quantitative estimate of drug-likeness (QED) is 0.783. The van der Waals surface area contributed by atoms with Crippen LogP contribution in [0.4, 0.5) is 10.5 Å². The van der Waals surface area contributed by atoms with Gasteiger partial charge in [0.2, 0.25) is 0 Å². The Morgan fingerprint density at radius 2 is 1.81 bits per heavy atom. The van der Waals surface area contributed by atoms with Crippen LogP contribution < -0.4 is 10.6 Å². The Kier molecular flexibility index (Phi) is 6.30. The number of aromatic nitrogens is 1. The lowest BCUT2D eigenvalue weighted by molar-refractivity contribution is 0.153. The van der Waals surface area contributed by atoms with Crippen molar-refractivity contribution in [3.8, 4) is 5.69 Å². The molecule has 0 bridgehead atoms. The van der Waals surface area contributed by atoms with Gasteiger partial charge in [0.15, 0.2) is 0 Å². The maximum atomic E-state index is 12.2. The smallest absolute Gasteiger partial charge is 0.319 e. The number of carbonyl (C=O) groups excluding carboxylic acids is 1. The van der Waals surface area contributed by atoms with Crippen LogP contribution in [0, 0.1) is 6.92 Å². The number of carbonyl (C=O) groups is 1. The molecule has 2 heterocycles. The summed E-state index contributed by atoms with van der Waals surface area (Å²) in [5, 5.41) is 5.94. The Balaban J connectivity index is 1.44. The number of nitrogens with zero attached hydrogens (tertiary/aromatic N) is 3. The van der Waals surface area contributed by atoms with E-state index in [0.29, 0.717) is 6.54 Å². The summed E-state index contributed by atoms with van der Waals surface area (Å²) in [6.07, 6.45) is 4.98. The zero-order chi connectivity index (χ0) is 18.4. The van der Waals surface area contributed by atoms with Crippen LogP contribution in [0.1, 0.15) is 12.0 Å². The van der Waals surface area contributed by atoms with Crippen LogP contribution in [-0.4, -0.2) is 66.7 Å². The number of nitrogens with one attached hydrogen (secondary N) is 2. The highest BCUT2D eigenvalue weighted by molar-refractivity contribution is 5.90. The molecule has 1 aromatic heterocycles. The van der Waals surface area contributed by atoms with Crippen molar-refractivity contribution in [3.05, 3.63) is 48.3 Å². The Morgan fingerprint density at radius 1 is 1.08 bits per heavy atom. The highest BCUT2D eigenvalue weighted by Crippen LogP contribution is 2.22. The van der Waals surface area contributed by atoms with E-state index < -0.39 is 0 Å². The molecule has 2 aromatic rings. The van der Waals surface area contributed by atoms with Crippen molar-refractivity contribution in [1.29, 1.82) is 0 Å². The highest BCUT2D eigenvalue weighted by atomic mass is 16.2. The predicted molar refractivity (Wildman–Crippen MR) is 106 cm³/mol. The topological polar surface area (TPSA) is 52.5 Å². The number of anilines is 1. The van der Waals surface area contributed by atoms with E-state index >= 15 is 0 Å². The molecule has 1 aliphatic heterocycles. The van der Waals surface area contributed by atoms with Crippen LogP contribution in [0.5, 0.6) is 0 Å². The van der Waals surface area contributed by atoms with E-state index in [1.807, 2.05) is 43.6 Å². The van der Waals surface area contributed by atoms with Gasteiger partial charge in [-0.05, 0) is 56.8 Å². The normalized spacial score (nSPS) is 15.8. The zero-order valence-corrected chi connectivity index (χ0v) is 15.7. The average Bonchev–Trinajstić information content (AvgIpc) is 3.16. The average molecular weight is 355 g/mol. The number of likely N-dealkylation sites (N-methyl/N-ethyl adjacent to an activating group) is 1. The van der Waals surface area contributed by atoms with E-state index in [1.54, 1.807) is 0 Å². The maximum Gasteiger partial charge on any atom is 0.319 e. The molecule has 0 atom stereocenters. The van der Waals surface area contributed by atoms with E-state index in [9.17, 15) is 4.79 Å². The second-order valence-electron chi connectivity index (χ2n) is 6.92. The van der Waals surface area contributed by atoms with Crippen LogP contribution >= 0.6 is 0 Å². The summed E-state index contributed by atoms with van der Waals surface area (Å²) in [5.41, 5.74) is 2.96. The summed E-state index contributed by atoms with van der Waals surface area (Å²) in [5.74, 6) is 0. The van der Waals surface area contributed by atoms with Gasteiger partial charge in [-0.3, -0.25) is 0 Å². The molecule has 0 spiro atoms. The van der Waals surface area contributed by atoms with Crippen molar-refractivity contribution < 1.29 is 4.79 Å². The van der Waals surface area contributed by atoms with Gasteiger partial charge in [-0.15, -0.1) is 0 Å². The largest absolute Gasteiger partial charge is 0.338 e. The monoisotopic (exact) mass is 355 g/mol. The molecule has 2 N–H and O–H groups in total. The lowest BCUT2D eigenvalue weighted by Gasteiger charge is -2.32. The van der Waals surface area contributed by atoms with Crippen LogP contribution in [0.15, 0.2) is 42.7 Å². The van der Waals surface area contributed by atoms with E-state index in [4.69, 9.17) is 0 Å². The van der Waals surface area contributed by atoms with E-state index in [-0.39, 0.29) is 6.03 Å². The number of rotatable bonds is 6. The molecule has 0 saturated carbocycles. The molecule has 2 amide bonds. The minimum atomic E-state index is -0.142. The Morgan fingerprint density at radius 3 is 2.54 bits per heavy atom. The molecule has 3 rings (SSSR count). The van der Waals surface area contributed by atoms with E-state index in [2.05, 4.69) is 38.1 Å². The molecular formula is C20H29N5O. The van der Waals surface area contributed by atoms with Gasteiger partial charge in [-0.2, -0.15) is 0 Å². The second-order valence-corrected chi connectivity index (χ2v) is 6.92. The van der Waals surface area contributed by atoms with Gasteiger partial charge in [0.25, 0.3) is 0 Å². The molecule has 1 aromatic carbocycles. The van der Waals surface area contributed by atoms with E-state index in [0.717, 1.165) is 56.1 Å². The van der Waals surface area contributed by atoms with E-state index in [1.165, 1.54) is 0 Å². The third-order valence-electron chi connectivity index (χ3n) is 4.97. The van der Waals surface area contributed by atoms with Crippen molar-refractivity contribution >= 4 is 11.7 Å². The van der Waals surface area contributed by atoms with Gasteiger partial charge >= 0.3 is 6.03 Å². The number of hydrogen-bond donors (Lipinski definition) is 2. The molecule has 0 radical (unpaired) electrons. The van der Waals surface area contributed by atoms with Crippen LogP contribution in [0.2, 0.25) is 0 Å². The zero-order valence-electron chi connectivity index (χ0n) is 15.7. The van der Waals surface area contributed by atoms with Crippen molar-refractivity contribution in [2.24, 2.45) is 0 Å². The molecule has 1 fully saturated rings. The molecule has 1 saturated heterocycles. The number of hydrogen-bond acceptors (Lipinski definition) is 3. The number of benzene rings is 1. The Hall–Kier alpha value is -2.31.